The van der Waals surface area contributed by atoms with Crippen molar-refractivity contribution in [3.8, 4) is 11.5 Å². The minimum Gasteiger partial charge on any atom is -0.343 e. The number of hydrogen-bond acceptors (Lipinski definition) is 7. The van der Waals surface area contributed by atoms with E-state index in [0.717, 1.165) is 0 Å². The van der Waals surface area contributed by atoms with Crippen LogP contribution in [0.3, 0.4) is 0 Å². The van der Waals surface area contributed by atoms with Crippen LogP contribution in [-0.4, -0.2) is 35.2 Å². The van der Waals surface area contributed by atoms with Gasteiger partial charge in [-0.3, -0.25) is 14.5 Å². The molecule has 0 fully saturated rings. The van der Waals surface area contributed by atoms with Crippen LogP contribution in [0.5, 0.6) is 0 Å². The standard InChI is InChI=1S/C17H17N5O4S/c1-2-27(24,25)22-13-8-6-12(7-9-13)17(23)19-11-15-20-16(21-26-15)14-5-3-4-10-18-14/h3-10,22H,2,11H2,1H3,(H,19,23). The Balaban J connectivity index is 1.59. The lowest BCUT2D eigenvalue weighted by atomic mass is 10.2. The number of aromatic nitrogens is 3. The average molecular weight is 387 g/mol. The molecule has 27 heavy (non-hydrogen) atoms. The fourth-order valence-electron chi connectivity index (χ4n) is 2.13. The van der Waals surface area contributed by atoms with Crippen LogP contribution in [0.2, 0.25) is 0 Å². The van der Waals surface area contributed by atoms with Gasteiger partial charge < -0.3 is 9.84 Å². The zero-order valence-electron chi connectivity index (χ0n) is 14.4. The molecule has 0 bridgehead atoms. The molecular formula is C17H17N5O4S. The molecular weight excluding hydrogens is 370 g/mol. The summed E-state index contributed by atoms with van der Waals surface area (Å²) in [6, 6.07) is 11.4. The highest BCUT2D eigenvalue weighted by Gasteiger charge is 2.12. The van der Waals surface area contributed by atoms with Crippen LogP contribution < -0.4 is 10.0 Å². The summed E-state index contributed by atoms with van der Waals surface area (Å²) in [5, 5.41) is 6.49. The first-order valence-electron chi connectivity index (χ1n) is 8.09. The molecule has 0 aliphatic rings. The van der Waals surface area contributed by atoms with Gasteiger partial charge in [0.1, 0.15) is 5.69 Å². The van der Waals surface area contributed by atoms with Crippen molar-refractivity contribution in [2.24, 2.45) is 0 Å². The van der Waals surface area contributed by atoms with Crippen molar-refractivity contribution in [3.63, 3.8) is 0 Å². The molecule has 0 spiro atoms. The predicted molar refractivity (Wildman–Crippen MR) is 98.2 cm³/mol. The van der Waals surface area contributed by atoms with Crippen molar-refractivity contribution < 1.29 is 17.7 Å². The normalized spacial score (nSPS) is 11.1. The van der Waals surface area contributed by atoms with Gasteiger partial charge in [0, 0.05) is 17.4 Å². The second-order valence-corrected chi connectivity index (χ2v) is 7.50. The quantitative estimate of drug-likeness (QED) is 0.633. The van der Waals surface area contributed by atoms with E-state index in [-0.39, 0.29) is 24.1 Å². The molecule has 0 saturated heterocycles. The summed E-state index contributed by atoms with van der Waals surface area (Å²) < 4.78 is 30.6. The number of rotatable bonds is 7. The number of carbonyl (C=O) groups is 1. The molecule has 140 valence electrons. The Labute approximate surface area is 155 Å². The zero-order valence-corrected chi connectivity index (χ0v) is 15.2. The van der Waals surface area contributed by atoms with Crippen LogP contribution in [0.1, 0.15) is 23.2 Å². The molecule has 1 amide bonds. The van der Waals surface area contributed by atoms with Crippen LogP contribution >= 0.6 is 0 Å². The lowest BCUT2D eigenvalue weighted by molar-refractivity contribution is 0.0946. The Hall–Kier alpha value is -3.27. The maximum atomic E-state index is 12.2. The smallest absolute Gasteiger partial charge is 0.251 e. The van der Waals surface area contributed by atoms with E-state index in [1.165, 1.54) is 24.3 Å². The predicted octanol–water partition coefficient (Wildman–Crippen LogP) is 1.82. The molecule has 1 aromatic carbocycles. The third-order valence-corrected chi connectivity index (χ3v) is 4.87. The van der Waals surface area contributed by atoms with E-state index in [1.807, 2.05) is 6.07 Å². The molecule has 2 heterocycles. The van der Waals surface area contributed by atoms with Gasteiger partial charge in [0.2, 0.25) is 21.7 Å². The van der Waals surface area contributed by atoms with Crippen LogP contribution in [0.25, 0.3) is 11.5 Å². The maximum Gasteiger partial charge on any atom is 0.251 e. The summed E-state index contributed by atoms with van der Waals surface area (Å²) in [7, 11) is -3.36. The molecule has 0 aliphatic carbocycles. The van der Waals surface area contributed by atoms with Gasteiger partial charge in [-0.15, -0.1) is 0 Å². The highest BCUT2D eigenvalue weighted by atomic mass is 32.2. The van der Waals surface area contributed by atoms with Crippen molar-refractivity contribution in [2.75, 3.05) is 10.5 Å². The maximum absolute atomic E-state index is 12.2. The average Bonchev–Trinajstić information content (AvgIpc) is 3.16. The van der Waals surface area contributed by atoms with Crippen LogP contribution in [0.4, 0.5) is 5.69 Å². The summed E-state index contributed by atoms with van der Waals surface area (Å²) in [5.74, 6) is 0.209. The minimum absolute atomic E-state index is 0.0279. The SMILES string of the molecule is CCS(=O)(=O)Nc1ccc(C(=O)NCc2nc(-c3ccccn3)no2)cc1. The van der Waals surface area contributed by atoms with E-state index >= 15 is 0 Å². The molecule has 3 rings (SSSR count). The molecule has 0 unspecified atom stereocenters. The molecule has 2 N–H and O–H groups in total. The van der Waals surface area contributed by atoms with Gasteiger partial charge in [0.05, 0.1) is 12.3 Å². The first kappa shape index (κ1) is 18.5. The summed E-state index contributed by atoms with van der Waals surface area (Å²) in [6.45, 7) is 1.60. The molecule has 0 radical (unpaired) electrons. The topological polar surface area (TPSA) is 127 Å². The molecule has 2 aromatic heterocycles. The van der Waals surface area contributed by atoms with Crippen molar-refractivity contribution in [1.29, 1.82) is 0 Å². The van der Waals surface area contributed by atoms with Crippen molar-refractivity contribution in [1.82, 2.24) is 20.4 Å². The lowest BCUT2D eigenvalue weighted by Crippen LogP contribution is -2.23. The highest BCUT2D eigenvalue weighted by molar-refractivity contribution is 7.92. The van der Waals surface area contributed by atoms with E-state index in [0.29, 0.717) is 22.8 Å². The lowest BCUT2D eigenvalue weighted by Gasteiger charge is -2.07. The van der Waals surface area contributed by atoms with E-state index in [2.05, 4.69) is 25.2 Å². The molecule has 9 nitrogen and oxygen atoms in total. The Morgan fingerprint density at radius 1 is 1.15 bits per heavy atom. The number of pyridine rings is 1. The van der Waals surface area contributed by atoms with E-state index in [9.17, 15) is 13.2 Å². The first-order chi connectivity index (χ1) is 13.0. The molecule has 3 aromatic rings. The Kier molecular flexibility index (Phi) is 5.46. The van der Waals surface area contributed by atoms with E-state index in [4.69, 9.17) is 4.52 Å². The zero-order chi connectivity index (χ0) is 19.3. The molecule has 0 saturated carbocycles. The number of sulfonamides is 1. The Morgan fingerprint density at radius 3 is 2.59 bits per heavy atom. The van der Waals surface area contributed by atoms with Crippen molar-refractivity contribution in [3.05, 3.63) is 60.1 Å². The van der Waals surface area contributed by atoms with Gasteiger partial charge in [0.25, 0.3) is 5.91 Å². The Bertz CT molecular complexity index is 1020. The number of nitrogens with zero attached hydrogens (tertiary/aromatic N) is 3. The number of nitrogens with one attached hydrogen (secondary N) is 2. The molecule has 0 atom stereocenters. The number of carbonyl (C=O) groups excluding carboxylic acids is 1. The van der Waals surface area contributed by atoms with Crippen LogP contribution in [0.15, 0.2) is 53.2 Å². The summed E-state index contributed by atoms with van der Waals surface area (Å²) in [5.41, 5.74) is 1.34. The monoisotopic (exact) mass is 387 g/mol. The fraction of sp³-hybridized carbons (Fsp3) is 0.176. The molecule has 0 aliphatic heterocycles. The highest BCUT2D eigenvalue weighted by Crippen LogP contribution is 2.13. The largest absolute Gasteiger partial charge is 0.343 e. The van der Waals surface area contributed by atoms with Gasteiger partial charge in [-0.2, -0.15) is 4.98 Å². The van der Waals surface area contributed by atoms with E-state index in [1.54, 1.807) is 25.3 Å². The van der Waals surface area contributed by atoms with Gasteiger partial charge in [-0.25, -0.2) is 8.42 Å². The number of anilines is 1. The van der Waals surface area contributed by atoms with E-state index < -0.39 is 10.0 Å². The van der Waals surface area contributed by atoms with Crippen LogP contribution in [0, 0.1) is 0 Å². The third kappa shape index (κ3) is 4.88. The summed E-state index contributed by atoms with van der Waals surface area (Å²) in [4.78, 5) is 20.5. The molecule has 10 heteroatoms. The Morgan fingerprint density at radius 2 is 1.93 bits per heavy atom. The van der Waals surface area contributed by atoms with Crippen molar-refractivity contribution in [2.45, 2.75) is 13.5 Å². The number of hydrogen-bond donors (Lipinski definition) is 2. The van der Waals surface area contributed by atoms with Gasteiger partial charge in [-0.1, -0.05) is 11.2 Å². The number of benzene rings is 1. The van der Waals surface area contributed by atoms with Crippen molar-refractivity contribution >= 4 is 21.6 Å². The fourth-order valence-corrected chi connectivity index (χ4v) is 2.76. The van der Waals surface area contributed by atoms with Gasteiger partial charge in [0.15, 0.2) is 0 Å². The first-order valence-corrected chi connectivity index (χ1v) is 9.75. The number of amides is 1. The van der Waals surface area contributed by atoms with Gasteiger partial charge >= 0.3 is 0 Å². The summed E-state index contributed by atoms with van der Waals surface area (Å²) >= 11 is 0. The second kappa shape index (κ2) is 7.96. The second-order valence-electron chi connectivity index (χ2n) is 5.49. The summed E-state index contributed by atoms with van der Waals surface area (Å²) in [6.07, 6.45) is 1.62. The minimum atomic E-state index is -3.36. The van der Waals surface area contributed by atoms with Gasteiger partial charge in [-0.05, 0) is 43.3 Å². The third-order valence-electron chi connectivity index (χ3n) is 3.56. The van der Waals surface area contributed by atoms with Crippen LogP contribution in [-0.2, 0) is 16.6 Å².